The second-order valence-corrected chi connectivity index (χ2v) is 4.83. The third-order valence-electron chi connectivity index (χ3n) is 1.67. The Balaban J connectivity index is 3.03. The van der Waals surface area contributed by atoms with E-state index in [9.17, 15) is 8.42 Å². The standard InChI is InChI=1S/C8H11N3O2S/c1-4-5-11(3)14(12,13)8-6-10(2)7-9-8/h1,6-7H,5H2,2-3H3. The van der Waals surface area contributed by atoms with Gasteiger partial charge in [0.05, 0.1) is 12.9 Å². The summed E-state index contributed by atoms with van der Waals surface area (Å²) in [7, 11) is -0.399. The summed E-state index contributed by atoms with van der Waals surface area (Å²) in [5.41, 5.74) is 0. The van der Waals surface area contributed by atoms with Gasteiger partial charge in [-0.25, -0.2) is 13.4 Å². The zero-order valence-electron chi connectivity index (χ0n) is 8.01. The Labute approximate surface area is 83.4 Å². The number of hydrogen-bond acceptors (Lipinski definition) is 3. The molecule has 1 rings (SSSR count). The van der Waals surface area contributed by atoms with Gasteiger partial charge in [0.15, 0.2) is 5.03 Å². The Morgan fingerprint density at radius 1 is 1.71 bits per heavy atom. The molecule has 1 heterocycles. The van der Waals surface area contributed by atoms with Gasteiger partial charge in [-0.3, -0.25) is 0 Å². The van der Waals surface area contributed by atoms with Crippen LogP contribution in [-0.2, 0) is 17.1 Å². The lowest BCUT2D eigenvalue weighted by atomic mass is 10.7. The number of imidazole rings is 1. The van der Waals surface area contributed by atoms with Crippen molar-refractivity contribution in [3.8, 4) is 12.3 Å². The molecule has 0 amide bonds. The number of sulfonamides is 1. The fourth-order valence-corrected chi connectivity index (χ4v) is 1.94. The smallest absolute Gasteiger partial charge is 0.262 e. The van der Waals surface area contributed by atoms with E-state index in [1.807, 2.05) is 0 Å². The Kier molecular flexibility index (Phi) is 2.93. The molecule has 0 saturated heterocycles. The summed E-state index contributed by atoms with van der Waals surface area (Å²) in [5, 5.41) is 0.0118. The maximum absolute atomic E-state index is 11.7. The third kappa shape index (κ3) is 1.95. The maximum Gasteiger partial charge on any atom is 0.262 e. The molecular formula is C8H11N3O2S. The minimum atomic E-state index is -3.52. The van der Waals surface area contributed by atoms with Crippen LogP contribution in [0.15, 0.2) is 17.6 Å². The van der Waals surface area contributed by atoms with E-state index in [0.29, 0.717) is 0 Å². The fraction of sp³-hybridized carbons (Fsp3) is 0.375. The van der Waals surface area contributed by atoms with Crippen molar-refractivity contribution in [1.29, 1.82) is 0 Å². The molecule has 0 aliphatic carbocycles. The van der Waals surface area contributed by atoms with Gasteiger partial charge in [-0.1, -0.05) is 5.92 Å². The molecular weight excluding hydrogens is 202 g/mol. The van der Waals surface area contributed by atoms with Gasteiger partial charge < -0.3 is 4.57 Å². The summed E-state index contributed by atoms with van der Waals surface area (Å²) >= 11 is 0. The van der Waals surface area contributed by atoms with Gasteiger partial charge in [0.25, 0.3) is 10.0 Å². The first-order valence-electron chi connectivity index (χ1n) is 3.86. The number of aryl methyl sites for hydroxylation is 1. The molecule has 0 fully saturated rings. The van der Waals surface area contributed by atoms with Gasteiger partial charge in [-0.05, 0) is 0 Å². The summed E-state index contributed by atoms with van der Waals surface area (Å²) in [5.74, 6) is 2.26. The van der Waals surface area contributed by atoms with Gasteiger partial charge in [0.1, 0.15) is 0 Å². The molecule has 0 N–H and O–H groups in total. The van der Waals surface area contributed by atoms with Crippen molar-refractivity contribution >= 4 is 10.0 Å². The first-order valence-corrected chi connectivity index (χ1v) is 5.30. The largest absolute Gasteiger partial charge is 0.339 e. The predicted molar refractivity (Wildman–Crippen MR) is 51.9 cm³/mol. The van der Waals surface area contributed by atoms with Crippen molar-refractivity contribution < 1.29 is 8.42 Å². The van der Waals surface area contributed by atoms with Crippen LogP contribution in [0.25, 0.3) is 0 Å². The number of nitrogens with zero attached hydrogens (tertiary/aromatic N) is 3. The summed E-state index contributed by atoms with van der Waals surface area (Å²) in [6.45, 7) is 0.0406. The second kappa shape index (κ2) is 3.82. The molecule has 0 aliphatic heterocycles. The van der Waals surface area contributed by atoms with Crippen molar-refractivity contribution in [3.05, 3.63) is 12.5 Å². The van der Waals surface area contributed by atoms with E-state index in [0.717, 1.165) is 4.31 Å². The Morgan fingerprint density at radius 2 is 2.36 bits per heavy atom. The molecule has 5 nitrogen and oxygen atoms in total. The van der Waals surface area contributed by atoms with Crippen LogP contribution in [0.5, 0.6) is 0 Å². The molecule has 14 heavy (non-hydrogen) atoms. The first-order chi connectivity index (χ1) is 6.48. The van der Waals surface area contributed by atoms with E-state index in [1.165, 1.54) is 19.6 Å². The molecule has 0 bridgehead atoms. The van der Waals surface area contributed by atoms with Crippen molar-refractivity contribution in [1.82, 2.24) is 13.9 Å². The molecule has 76 valence electrons. The molecule has 0 aromatic carbocycles. The Bertz CT molecular complexity index is 455. The fourth-order valence-electron chi connectivity index (χ4n) is 0.895. The van der Waals surface area contributed by atoms with Crippen LogP contribution in [-0.4, -0.2) is 35.9 Å². The van der Waals surface area contributed by atoms with E-state index >= 15 is 0 Å². The molecule has 6 heteroatoms. The van der Waals surface area contributed by atoms with Crippen molar-refractivity contribution in [2.45, 2.75) is 5.03 Å². The minimum absolute atomic E-state index is 0.0118. The summed E-state index contributed by atoms with van der Waals surface area (Å²) in [6.07, 6.45) is 7.89. The number of rotatable bonds is 3. The lowest BCUT2D eigenvalue weighted by Gasteiger charge is -2.11. The molecule has 0 radical (unpaired) electrons. The third-order valence-corrected chi connectivity index (χ3v) is 3.36. The van der Waals surface area contributed by atoms with Crippen LogP contribution >= 0.6 is 0 Å². The SMILES string of the molecule is C#CCN(C)S(=O)(=O)c1cn(C)cn1. The van der Waals surface area contributed by atoms with E-state index in [4.69, 9.17) is 6.42 Å². The summed E-state index contributed by atoms with van der Waals surface area (Å²) in [4.78, 5) is 3.76. The average Bonchev–Trinajstić information content (AvgIpc) is 2.52. The van der Waals surface area contributed by atoms with E-state index in [1.54, 1.807) is 11.6 Å². The Hall–Kier alpha value is -1.32. The quantitative estimate of drug-likeness (QED) is 0.646. The van der Waals surface area contributed by atoms with Crippen LogP contribution in [0.4, 0.5) is 0 Å². The highest BCUT2D eigenvalue weighted by Gasteiger charge is 2.22. The van der Waals surface area contributed by atoms with Crippen molar-refractivity contribution in [2.24, 2.45) is 7.05 Å². The topological polar surface area (TPSA) is 55.2 Å². The van der Waals surface area contributed by atoms with Crippen molar-refractivity contribution in [3.63, 3.8) is 0 Å². The highest BCUT2D eigenvalue weighted by atomic mass is 32.2. The van der Waals surface area contributed by atoms with Gasteiger partial charge in [0.2, 0.25) is 0 Å². The van der Waals surface area contributed by atoms with E-state index < -0.39 is 10.0 Å². The van der Waals surface area contributed by atoms with E-state index in [2.05, 4.69) is 10.9 Å². The monoisotopic (exact) mass is 213 g/mol. The first kappa shape index (κ1) is 10.8. The number of terminal acetylenes is 1. The van der Waals surface area contributed by atoms with E-state index in [-0.39, 0.29) is 11.6 Å². The van der Waals surface area contributed by atoms with Gasteiger partial charge in [-0.15, -0.1) is 6.42 Å². The van der Waals surface area contributed by atoms with Crippen LogP contribution in [0.1, 0.15) is 0 Å². The van der Waals surface area contributed by atoms with Gasteiger partial charge in [-0.2, -0.15) is 4.31 Å². The van der Waals surface area contributed by atoms with Crippen LogP contribution in [0.3, 0.4) is 0 Å². The van der Waals surface area contributed by atoms with Gasteiger partial charge in [0, 0.05) is 20.3 Å². The lowest BCUT2D eigenvalue weighted by Crippen LogP contribution is -2.27. The molecule has 0 atom stereocenters. The normalized spacial score (nSPS) is 11.6. The van der Waals surface area contributed by atoms with Crippen LogP contribution in [0.2, 0.25) is 0 Å². The summed E-state index contributed by atoms with van der Waals surface area (Å²) < 4.78 is 26.0. The second-order valence-electron chi connectivity index (χ2n) is 2.84. The molecule has 0 saturated carbocycles. The molecule has 1 aromatic heterocycles. The summed E-state index contributed by atoms with van der Waals surface area (Å²) in [6, 6.07) is 0. The molecule has 0 unspecified atom stereocenters. The molecule has 0 spiro atoms. The predicted octanol–water partition coefficient (Wildman–Crippen LogP) is -0.326. The van der Waals surface area contributed by atoms with Crippen LogP contribution in [0, 0.1) is 12.3 Å². The zero-order valence-corrected chi connectivity index (χ0v) is 8.82. The van der Waals surface area contributed by atoms with Crippen molar-refractivity contribution in [2.75, 3.05) is 13.6 Å². The average molecular weight is 213 g/mol. The van der Waals surface area contributed by atoms with Crippen LogP contribution < -0.4 is 0 Å². The maximum atomic E-state index is 11.7. The minimum Gasteiger partial charge on any atom is -0.339 e. The number of aromatic nitrogens is 2. The molecule has 1 aromatic rings. The van der Waals surface area contributed by atoms with Gasteiger partial charge >= 0.3 is 0 Å². The lowest BCUT2D eigenvalue weighted by molar-refractivity contribution is 0.500. The molecule has 0 aliphatic rings. The zero-order chi connectivity index (χ0) is 10.8. The number of hydrogen-bond donors (Lipinski definition) is 0. The highest BCUT2D eigenvalue weighted by Crippen LogP contribution is 2.09. The highest BCUT2D eigenvalue weighted by molar-refractivity contribution is 7.89. The Morgan fingerprint density at radius 3 is 2.79 bits per heavy atom.